The van der Waals surface area contributed by atoms with Crippen molar-refractivity contribution in [2.24, 2.45) is 18.7 Å². The predicted molar refractivity (Wildman–Crippen MR) is 92.6 cm³/mol. The van der Waals surface area contributed by atoms with Gasteiger partial charge in [-0.3, -0.25) is 14.3 Å². The second-order valence-corrected chi connectivity index (χ2v) is 7.22. The molecule has 1 saturated carbocycles. The predicted octanol–water partition coefficient (Wildman–Crippen LogP) is 1.18. The fraction of sp³-hybridized carbons (Fsp3) is 0.421. The van der Waals surface area contributed by atoms with Crippen LogP contribution < -0.4 is 5.73 Å². The number of aryl methyl sites for hydroxylation is 1. The number of likely N-dealkylation sites (tertiary alicyclic amines) is 1. The van der Waals surface area contributed by atoms with Crippen molar-refractivity contribution in [1.82, 2.24) is 14.7 Å². The van der Waals surface area contributed by atoms with E-state index in [0.29, 0.717) is 13.1 Å². The number of aromatic nitrogens is 2. The van der Waals surface area contributed by atoms with E-state index in [-0.39, 0.29) is 23.7 Å². The molecule has 1 aliphatic heterocycles. The highest BCUT2D eigenvalue weighted by Gasteiger charge is 2.55. The van der Waals surface area contributed by atoms with Gasteiger partial charge in [0, 0.05) is 32.3 Å². The summed E-state index contributed by atoms with van der Waals surface area (Å²) in [6, 6.07) is 9.94. The molecule has 1 aromatic carbocycles. The number of hydrogen-bond acceptors (Lipinski definition) is 3. The standard InChI is InChI=1S/C19H22N4O2/c1-22-10-13(9-21-22)15-11-23(12-16(15)17(20)24)18(25)19(7-8-19)14-5-3-2-4-6-14/h2-6,9-10,15-16H,7-8,11-12H2,1H3,(H2,20,24)/t15-,16+/m1/s1. The Labute approximate surface area is 146 Å². The summed E-state index contributed by atoms with van der Waals surface area (Å²) in [6.45, 7) is 0.912. The molecule has 0 unspecified atom stereocenters. The Morgan fingerprint density at radius 1 is 1.20 bits per heavy atom. The lowest BCUT2D eigenvalue weighted by atomic mass is 9.90. The smallest absolute Gasteiger partial charge is 0.233 e. The number of nitrogens with two attached hydrogens (primary N) is 1. The van der Waals surface area contributed by atoms with E-state index in [1.54, 1.807) is 10.9 Å². The molecule has 1 aliphatic carbocycles. The molecule has 2 aromatic rings. The van der Waals surface area contributed by atoms with Gasteiger partial charge < -0.3 is 10.6 Å². The topological polar surface area (TPSA) is 81.2 Å². The van der Waals surface area contributed by atoms with Crippen LogP contribution in [0.4, 0.5) is 0 Å². The minimum Gasteiger partial charge on any atom is -0.369 e. The van der Waals surface area contributed by atoms with Gasteiger partial charge in [0.15, 0.2) is 0 Å². The van der Waals surface area contributed by atoms with E-state index in [4.69, 9.17) is 5.73 Å². The van der Waals surface area contributed by atoms with Crippen LogP contribution in [-0.4, -0.2) is 39.6 Å². The third-order valence-corrected chi connectivity index (χ3v) is 5.61. The van der Waals surface area contributed by atoms with Gasteiger partial charge >= 0.3 is 0 Å². The maximum Gasteiger partial charge on any atom is 0.233 e. The molecule has 2 fully saturated rings. The van der Waals surface area contributed by atoms with Gasteiger partial charge in [0.1, 0.15) is 0 Å². The largest absolute Gasteiger partial charge is 0.369 e. The van der Waals surface area contributed by atoms with E-state index in [1.165, 1.54) is 0 Å². The van der Waals surface area contributed by atoms with Crippen molar-refractivity contribution < 1.29 is 9.59 Å². The van der Waals surface area contributed by atoms with Crippen molar-refractivity contribution in [2.45, 2.75) is 24.2 Å². The fourth-order valence-corrected chi connectivity index (χ4v) is 4.04. The van der Waals surface area contributed by atoms with Crippen molar-refractivity contribution in [2.75, 3.05) is 13.1 Å². The van der Waals surface area contributed by atoms with Crippen molar-refractivity contribution in [3.05, 3.63) is 53.9 Å². The SMILES string of the molecule is Cn1cc([C@H]2CN(C(=O)C3(c4ccccc4)CC3)C[C@@H]2C(N)=O)cn1. The lowest BCUT2D eigenvalue weighted by Crippen LogP contribution is -2.38. The second kappa shape index (κ2) is 5.72. The highest BCUT2D eigenvalue weighted by Crippen LogP contribution is 2.50. The molecule has 2 N–H and O–H groups in total. The Morgan fingerprint density at radius 2 is 1.92 bits per heavy atom. The number of carbonyl (C=O) groups is 2. The molecular weight excluding hydrogens is 316 g/mol. The Balaban J connectivity index is 1.59. The molecule has 0 radical (unpaired) electrons. The Kier molecular flexibility index (Phi) is 3.63. The highest BCUT2D eigenvalue weighted by atomic mass is 16.2. The molecule has 25 heavy (non-hydrogen) atoms. The Hall–Kier alpha value is -2.63. The van der Waals surface area contributed by atoms with E-state index in [9.17, 15) is 9.59 Å². The summed E-state index contributed by atoms with van der Waals surface area (Å²) in [7, 11) is 1.84. The van der Waals surface area contributed by atoms with Crippen LogP contribution in [0.1, 0.15) is 29.9 Å². The van der Waals surface area contributed by atoms with Crippen LogP contribution in [0, 0.1) is 5.92 Å². The van der Waals surface area contributed by atoms with Crippen LogP contribution in [0.2, 0.25) is 0 Å². The molecule has 2 amide bonds. The normalized spacial score (nSPS) is 24.3. The minimum atomic E-state index is -0.409. The molecule has 2 atom stereocenters. The maximum atomic E-state index is 13.2. The van der Waals surface area contributed by atoms with Gasteiger partial charge in [0.2, 0.25) is 11.8 Å². The van der Waals surface area contributed by atoms with E-state index in [1.807, 2.05) is 48.5 Å². The number of carbonyl (C=O) groups excluding carboxylic acids is 2. The zero-order valence-corrected chi connectivity index (χ0v) is 14.3. The summed E-state index contributed by atoms with van der Waals surface area (Å²) < 4.78 is 1.71. The summed E-state index contributed by atoms with van der Waals surface area (Å²) in [5.74, 6) is -0.675. The number of benzene rings is 1. The molecule has 1 saturated heterocycles. The number of amides is 2. The number of hydrogen-bond donors (Lipinski definition) is 1. The van der Waals surface area contributed by atoms with Crippen LogP contribution in [0.25, 0.3) is 0 Å². The number of primary amides is 1. The molecular formula is C19H22N4O2. The van der Waals surface area contributed by atoms with Crippen LogP contribution in [0.5, 0.6) is 0 Å². The van der Waals surface area contributed by atoms with Gasteiger partial charge in [-0.1, -0.05) is 30.3 Å². The lowest BCUT2D eigenvalue weighted by Gasteiger charge is -2.23. The van der Waals surface area contributed by atoms with Crippen LogP contribution in [-0.2, 0) is 22.1 Å². The van der Waals surface area contributed by atoms with E-state index in [0.717, 1.165) is 24.0 Å². The van der Waals surface area contributed by atoms with E-state index < -0.39 is 5.41 Å². The molecule has 1 aromatic heterocycles. The summed E-state index contributed by atoms with van der Waals surface area (Å²) in [4.78, 5) is 27.0. The number of rotatable bonds is 4. The summed E-state index contributed by atoms with van der Waals surface area (Å²) in [5, 5.41) is 4.19. The highest BCUT2D eigenvalue weighted by molar-refractivity contribution is 5.92. The van der Waals surface area contributed by atoms with Gasteiger partial charge in [-0.15, -0.1) is 0 Å². The van der Waals surface area contributed by atoms with Crippen LogP contribution in [0.3, 0.4) is 0 Å². The van der Waals surface area contributed by atoms with Crippen LogP contribution >= 0.6 is 0 Å². The lowest BCUT2D eigenvalue weighted by molar-refractivity contribution is -0.133. The summed E-state index contributed by atoms with van der Waals surface area (Å²) in [6.07, 6.45) is 5.40. The number of nitrogens with zero attached hydrogens (tertiary/aromatic N) is 3. The van der Waals surface area contributed by atoms with E-state index in [2.05, 4.69) is 5.10 Å². The Bertz CT molecular complexity index is 810. The average molecular weight is 338 g/mol. The van der Waals surface area contributed by atoms with Crippen molar-refractivity contribution >= 4 is 11.8 Å². The quantitative estimate of drug-likeness (QED) is 0.909. The molecule has 4 rings (SSSR count). The molecule has 0 spiro atoms. The van der Waals surface area contributed by atoms with Crippen molar-refractivity contribution in [1.29, 1.82) is 0 Å². The third-order valence-electron chi connectivity index (χ3n) is 5.61. The molecule has 6 nitrogen and oxygen atoms in total. The first-order chi connectivity index (χ1) is 12.0. The summed E-state index contributed by atoms with van der Waals surface area (Å²) in [5.41, 5.74) is 7.25. The zero-order chi connectivity index (χ0) is 17.6. The first-order valence-corrected chi connectivity index (χ1v) is 8.64. The third kappa shape index (κ3) is 2.62. The zero-order valence-electron chi connectivity index (χ0n) is 14.3. The second-order valence-electron chi connectivity index (χ2n) is 7.22. The van der Waals surface area contributed by atoms with Crippen molar-refractivity contribution in [3.63, 3.8) is 0 Å². The fourth-order valence-electron chi connectivity index (χ4n) is 4.04. The monoisotopic (exact) mass is 338 g/mol. The molecule has 6 heteroatoms. The first-order valence-electron chi connectivity index (χ1n) is 8.64. The van der Waals surface area contributed by atoms with Gasteiger partial charge in [0.25, 0.3) is 0 Å². The van der Waals surface area contributed by atoms with Gasteiger partial charge in [-0.25, -0.2) is 0 Å². The molecule has 2 aliphatic rings. The molecule has 130 valence electrons. The van der Waals surface area contributed by atoms with Crippen molar-refractivity contribution in [3.8, 4) is 0 Å². The Morgan fingerprint density at radius 3 is 2.48 bits per heavy atom. The first kappa shape index (κ1) is 15.9. The van der Waals surface area contributed by atoms with Crippen LogP contribution in [0.15, 0.2) is 42.7 Å². The van der Waals surface area contributed by atoms with Gasteiger partial charge in [-0.2, -0.15) is 5.10 Å². The van der Waals surface area contributed by atoms with Gasteiger partial charge in [0.05, 0.1) is 17.5 Å². The maximum absolute atomic E-state index is 13.2. The minimum absolute atomic E-state index is 0.0817. The summed E-state index contributed by atoms with van der Waals surface area (Å²) >= 11 is 0. The molecule has 2 heterocycles. The average Bonchev–Trinajstić information content (AvgIpc) is 3.11. The molecule has 0 bridgehead atoms. The van der Waals surface area contributed by atoms with E-state index >= 15 is 0 Å². The van der Waals surface area contributed by atoms with Gasteiger partial charge in [-0.05, 0) is 24.0 Å².